The van der Waals surface area contributed by atoms with E-state index in [9.17, 15) is 45.6 Å². The van der Waals surface area contributed by atoms with Crippen LogP contribution in [0.5, 0.6) is 0 Å². The highest BCUT2D eigenvalue weighted by molar-refractivity contribution is 5.76. The predicted octanol–water partition coefficient (Wildman–Crippen LogP) is 16.2. The Morgan fingerprint density at radius 1 is 0.394 bits per heavy atom. The first kappa shape index (κ1) is 86.2. The number of unbranched alkanes of at least 4 members (excludes halogenated alkanes) is 25. The van der Waals surface area contributed by atoms with Gasteiger partial charge in [-0.25, -0.2) is 0 Å². The summed E-state index contributed by atoms with van der Waals surface area (Å²) in [5, 5.41) is 87.7. The van der Waals surface area contributed by atoms with Gasteiger partial charge in [-0.05, 0) is 96.3 Å². The van der Waals surface area contributed by atoms with Gasteiger partial charge in [-0.2, -0.15) is 0 Å². The normalized spacial score (nSPS) is 23.3. The molecular formula is C80H135NO13. The first-order valence-corrected chi connectivity index (χ1v) is 37.4. The van der Waals surface area contributed by atoms with Crippen molar-refractivity contribution in [2.45, 2.75) is 344 Å². The predicted molar refractivity (Wildman–Crippen MR) is 387 cm³/mol. The van der Waals surface area contributed by atoms with Crippen molar-refractivity contribution in [1.29, 1.82) is 0 Å². The topological polar surface area (TPSA) is 228 Å². The lowest BCUT2D eigenvalue weighted by Gasteiger charge is -2.46. The molecule has 0 aromatic heterocycles. The van der Waals surface area contributed by atoms with E-state index in [0.717, 1.165) is 116 Å². The minimum absolute atomic E-state index is 0.241. The molecule has 2 fully saturated rings. The van der Waals surface area contributed by atoms with Crippen molar-refractivity contribution in [3.8, 4) is 0 Å². The van der Waals surface area contributed by atoms with Crippen molar-refractivity contribution in [3.63, 3.8) is 0 Å². The summed E-state index contributed by atoms with van der Waals surface area (Å²) in [4.78, 5) is 13.4. The molecule has 1 amide bonds. The van der Waals surface area contributed by atoms with Gasteiger partial charge in [0, 0.05) is 6.42 Å². The Balaban J connectivity index is 1.68. The van der Waals surface area contributed by atoms with Crippen LogP contribution in [-0.2, 0) is 23.7 Å². The zero-order valence-electron chi connectivity index (χ0n) is 58.7. The highest BCUT2D eigenvalue weighted by Gasteiger charge is 2.51. The Hall–Kier alpha value is -3.87. The minimum atomic E-state index is -1.79. The van der Waals surface area contributed by atoms with Crippen LogP contribution in [0.3, 0.4) is 0 Å². The maximum atomic E-state index is 13.4. The number of carbonyl (C=O) groups excluding carboxylic acids is 1. The van der Waals surface area contributed by atoms with Gasteiger partial charge in [-0.3, -0.25) is 4.79 Å². The second-order valence-corrected chi connectivity index (χ2v) is 25.7. The van der Waals surface area contributed by atoms with Crippen LogP contribution in [0.4, 0.5) is 0 Å². The molecule has 2 saturated heterocycles. The average Bonchev–Trinajstić information content (AvgIpc) is 0.794. The quantitative estimate of drug-likeness (QED) is 0.0204. The number of allylic oxidation sites excluding steroid dienone is 22. The van der Waals surface area contributed by atoms with Crippen LogP contribution in [0.15, 0.2) is 134 Å². The summed E-state index contributed by atoms with van der Waals surface area (Å²) in [5.41, 5.74) is 0. The summed E-state index contributed by atoms with van der Waals surface area (Å²) >= 11 is 0. The highest BCUT2D eigenvalue weighted by atomic mass is 16.7. The van der Waals surface area contributed by atoms with Gasteiger partial charge in [0.1, 0.15) is 48.8 Å². The molecule has 0 spiro atoms. The molecule has 538 valence electrons. The Bertz CT molecular complexity index is 2090. The van der Waals surface area contributed by atoms with E-state index in [4.69, 9.17) is 18.9 Å². The van der Waals surface area contributed by atoms with Crippen LogP contribution < -0.4 is 5.32 Å². The van der Waals surface area contributed by atoms with Gasteiger partial charge < -0.3 is 65.1 Å². The van der Waals surface area contributed by atoms with Gasteiger partial charge in [-0.15, -0.1) is 0 Å². The van der Waals surface area contributed by atoms with E-state index in [1.807, 2.05) is 0 Å². The summed E-state index contributed by atoms with van der Waals surface area (Å²) in [5.74, 6) is -0.241. The van der Waals surface area contributed by atoms with E-state index in [1.54, 1.807) is 0 Å². The highest BCUT2D eigenvalue weighted by Crippen LogP contribution is 2.30. The summed E-state index contributed by atoms with van der Waals surface area (Å²) in [6.07, 6.45) is 76.1. The average molecular weight is 1320 g/mol. The molecule has 9 N–H and O–H groups in total. The molecule has 0 radical (unpaired) electrons. The van der Waals surface area contributed by atoms with Crippen molar-refractivity contribution >= 4 is 5.91 Å². The lowest BCUT2D eigenvalue weighted by Crippen LogP contribution is -2.65. The van der Waals surface area contributed by atoms with Gasteiger partial charge in [0.2, 0.25) is 5.91 Å². The van der Waals surface area contributed by atoms with Crippen molar-refractivity contribution in [2.24, 2.45) is 0 Å². The Morgan fingerprint density at radius 3 is 1.12 bits per heavy atom. The van der Waals surface area contributed by atoms with E-state index < -0.39 is 86.8 Å². The van der Waals surface area contributed by atoms with Crippen LogP contribution >= 0.6 is 0 Å². The second kappa shape index (κ2) is 62.6. The molecule has 0 aliphatic carbocycles. The summed E-state index contributed by atoms with van der Waals surface area (Å²) in [6.45, 7) is 2.74. The number of rotatable bonds is 60. The molecule has 0 saturated carbocycles. The summed E-state index contributed by atoms with van der Waals surface area (Å²) < 4.78 is 22.9. The van der Waals surface area contributed by atoms with Crippen molar-refractivity contribution in [1.82, 2.24) is 5.32 Å². The monoisotopic (exact) mass is 1320 g/mol. The number of aliphatic hydroxyl groups is 8. The molecular weight excluding hydrogens is 1180 g/mol. The standard InChI is InChI=1S/C80H135NO13/c1-3-5-7-9-11-13-15-17-19-21-23-25-27-28-29-30-31-32-33-34-35-36-37-38-39-40-42-44-46-48-50-52-54-56-58-60-62-64-72(85)81-68(67-91-79-77(90)75(88)78(71(66-83)93-79)94-80-76(89)74(87)73(86)70(65-82)92-80)69(84)63-61-59-57-55-53-51-49-47-45-43-41-26-24-22-20-18-16-14-12-10-8-6-4-2/h5,7,11,13,17,19,23,25,28-29,31-32,34-35,37-38,40,42,46,48,52,54,68-71,73-80,82-84,86-90H,3-4,6,8-10,12,14-16,18,20-22,24,26-27,30,33,36,39,41,43-45,47,49-51,53,55-67H2,1-2H3,(H,81,85)/b7-5-,13-11-,19-17-,25-23-,29-28-,32-31-,35-34-,38-37-,42-40-,48-46-,54-52-. The first-order chi connectivity index (χ1) is 46.1. The third-order valence-corrected chi connectivity index (χ3v) is 17.4. The fourth-order valence-corrected chi connectivity index (χ4v) is 11.5. The maximum Gasteiger partial charge on any atom is 0.220 e. The van der Waals surface area contributed by atoms with E-state index in [2.05, 4.69) is 153 Å². The number of aliphatic hydroxyl groups excluding tert-OH is 8. The van der Waals surface area contributed by atoms with Crippen molar-refractivity contribution in [2.75, 3.05) is 19.8 Å². The van der Waals surface area contributed by atoms with Crippen LogP contribution in [-0.4, -0.2) is 140 Å². The molecule has 0 aromatic rings. The second-order valence-electron chi connectivity index (χ2n) is 25.7. The number of carbonyl (C=O) groups is 1. The van der Waals surface area contributed by atoms with E-state index >= 15 is 0 Å². The van der Waals surface area contributed by atoms with Crippen molar-refractivity contribution in [3.05, 3.63) is 134 Å². The van der Waals surface area contributed by atoms with E-state index in [0.29, 0.717) is 12.8 Å². The molecule has 94 heavy (non-hydrogen) atoms. The van der Waals surface area contributed by atoms with E-state index in [-0.39, 0.29) is 18.9 Å². The minimum Gasteiger partial charge on any atom is -0.394 e. The van der Waals surface area contributed by atoms with Gasteiger partial charge in [0.25, 0.3) is 0 Å². The fraction of sp³-hybridized carbons (Fsp3) is 0.713. The van der Waals surface area contributed by atoms with Crippen LogP contribution in [0.25, 0.3) is 0 Å². The molecule has 2 heterocycles. The number of hydrogen-bond acceptors (Lipinski definition) is 13. The number of amides is 1. The SMILES string of the molecule is CC/C=C\C/C=C\C/C=C\C/C=C\C/C=C\C/C=C\C/C=C\C/C=C\C/C=C\C/C=C\C/C=C\CCCCCC(=O)NC(COC1OC(CO)C(OC2OC(CO)C(O)C(O)C2O)C(O)C1O)C(O)CCCCCCCCCCCCCCCCCCCCCCCCC. The fourth-order valence-electron chi connectivity index (χ4n) is 11.5. The zero-order valence-corrected chi connectivity index (χ0v) is 58.7. The lowest BCUT2D eigenvalue weighted by molar-refractivity contribution is -0.359. The third kappa shape index (κ3) is 45.6. The molecule has 12 atom stereocenters. The Morgan fingerprint density at radius 2 is 0.734 bits per heavy atom. The van der Waals surface area contributed by atoms with Crippen LogP contribution in [0.1, 0.15) is 271 Å². The van der Waals surface area contributed by atoms with Crippen LogP contribution in [0, 0.1) is 0 Å². The number of ether oxygens (including phenoxy) is 4. The maximum absolute atomic E-state index is 13.4. The first-order valence-electron chi connectivity index (χ1n) is 37.4. The number of hydrogen-bond donors (Lipinski definition) is 9. The molecule has 14 heteroatoms. The van der Waals surface area contributed by atoms with E-state index in [1.165, 1.54) is 122 Å². The summed E-state index contributed by atoms with van der Waals surface area (Å²) in [7, 11) is 0. The molecule has 2 rings (SSSR count). The molecule has 12 unspecified atom stereocenters. The van der Waals surface area contributed by atoms with Gasteiger partial charge in [0.15, 0.2) is 12.6 Å². The smallest absolute Gasteiger partial charge is 0.220 e. The van der Waals surface area contributed by atoms with Gasteiger partial charge in [0.05, 0.1) is 32.0 Å². The molecule has 0 bridgehead atoms. The lowest BCUT2D eigenvalue weighted by atomic mass is 9.97. The molecule has 14 nitrogen and oxygen atoms in total. The third-order valence-electron chi connectivity index (χ3n) is 17.4. The molecule has 2 aliphatic rings. The van der Waals surface area contributed by atoms with Gasteiger partial charge in [-0.1, -0.05) is 302 Å². The zero-order chi connectivity index (χ0) is 68.0. The molecule has 2 aliphatic heterocycles. The number of nitrogens with one attached hydrogen (secondary N) is 1. The van der Waals surface area contributed by atoms with Crippen molar-refractivity contribution < 1.29 is 64.6 Å². The molecule has 0 aromatic carbocycles. The van der Waals surface area contributed by atoms with Gasteiger partial charge >= 0.3 is 0 Å². The Labute approximate surface area is 570 Å². The summed E-state index contributed by atoms with van der Waals surface area (Å²) in [6, 6.07) is -0.859. The van der Waals surface area contributed by atoms with Crippen LogP contribution in [0.2, 0.25) is 0 Å². The largest absolute Gasteiger partial charge is 0.394 e. The Kier molecular flexibility index (Phi) is 57.4.